The molecule has 1 heterocycles. The maximum Gasteiger partial charge on any atom is 0.301 e. The van der Waals surface area contributed by atoms with Gasteiger partial charge in [0.25, 0.3) is 0 Å². The molecule has 0 saturated heterocycles. The van der Waals surface area contributed by atoms with Crippen LogP contribution < -0.4 is 5.56 Å². The lowest BCUT2D eigenvalue weighted by Crippen LogP contribution is -2.16. The summed E-state index contributed by atoms with van der Waals surface area (Å²) in [4.78, 5) is 14.1. The minimum Gasteiger partial charge on any atom is -0.425 e. The van der Waals surface area contributed by atoms with E-state index < -0.39 is 5.56 Å². The van der Waals surface area contributed by atoms with Gasteiger partial charge in [-0.2, -0.15) is 4.73 Å². The molecule has 0 atom stereocenters. The van der Waals surface area contributed by atoms with Crippen molar-refractivity contribution in [2.24, 2.45) is 0 Å². The predicted octanol–water partition coefficient (Wildman–Crippen LogP) is -0.211. The first-order chi connectivity index (χ1) is 4.20. The Bertz CT molecular complexity index is 266. The van der Waals surface area contributed by atoms with Gasteiger partial charge in [-0.15, -0.1) is 0 Å². The van der Waals surface area contributed by atoms with E-state index in [4.69, 9.17) is 5.21 Å². The molecule has 4 nitrogen and oxygen atoms in total. The highest BCUT2D eigenvalue weighted by Crippen LogP contribution is 1.81. The third-order valence-corrected chi connectivity index (χ3v) is 0.914. The Labute approximate surface area is 51.4 Å². The molecule has 1 aromatic heterocycles. The Kier molecular flexibility index (Phi) is 1.22. The molecule has 4 heteroatoms. The van der Waals surface area contributed by atoms with Crippen molar-refractivity contribution < 1.29 is 5.21 Å². The third kappa shape index (κ3) is 1.07. The monoisotopic (exact) mass is 126 g/mol. The van der Waals surface area contributed by atoms with Crippen LogP contribution in [0.1, 0.15) is 5.69 Å². The Balaban J connectivity index is 3.34. The standard InChI is InChI=1S/C5H6N2O2/c1-4-3-7(9)5(8)2-6-4/h2-3,9H,1H3. The number of hydrogen-bond donors (Lipinski definition) is 1. The number of aryl methyl sites for hydroxylation is 1. The van der Waals surface area contributed by atoms with Crippen LogP contribution in [0.15, 0.2) is 17.2 Å². The van der Waals surface area contributed by atoms with Gasteiger partial charge in [-0.05, 0) is 6.92 Å². The van der Waals surface area contributed by atoms with Crippen molar-refractivity contribution in [1.82, 2.24) is 9.71 Å². The molecule has 1 rings (SSSR count). The SMILES string of the molecule is Cc1cn(O)c(=O)cn1. The first-order valence-corrected chi connectivity index (χ1v) is 2.45. The summed E-state index contributed by atoms with van der Waals surface area (Å²) in [6.45, 7) is 1.69. The smallest absolute Gasteiger partial charge is 0.301 e. The van der Waals surface area contributed by atoms with Gasteiger partial charge < -0.3 is 5.21 Å². The van der Waals surface area contributed by atoms with E-state index in [0.29, 0.717) is 10.4 Å². The molecular formula is C5H6N2O2. The van der Waals surface area contributed by atoms with Crippen LogP contribution in [0.5, 0.6) is 0 Å². The van der Waals surface area contributed by atoms with Gasteiger partial charge >= 0.3 is 5.56 Å². The van der Waals surface area contributed by atoms with E-state index in [9.17, 15) is 4.79 Å². The van der Waals surface area contributed by atoms with E-state index in [1.165, 1.54) is 6.20 Å². The van der Waals surface area contributed by atoms with Crippen LogP contribution in [0.4, 0.5) is 0 Å². The highest BCUT2D eigenvalue weighted by atomic mass is 16.5. The average molecular weight is 126 g/mol. The number of rotatable bonds is 0. The van der Waals surface area contributed by atoms with Crippen LogP contribution in [0, 0.1) is 6.92 Å². The second-order valence-corrected chi connectivity index (χ2v) is 1.71. The molecule has 0 unspecified atom stereocenters. The summed E-state index contributed by atoms with van der Waals surface area (Å²) in [6.07, 6.45) is 2.32. The van der Waals surface area contributed by atoms with E-state index in [1.807, 2.05) is 0 Å². The van der Waals surface area contributed by atoms with Gasteiger partial charge in [0.1, 0.15) is 0 Å². The summed E-state index contributed by atoms with van der Waals surface area (Å²) in [5.41, 5.74) is 0.0951. The molecule has 0 aliphatic rings. The second kappa shape index (κ2) is 1.89. The van der Waals surface area contributed by atoms with E-state index in [0.717, 1.165) is 6.20 Å². The van der Waals surface area contributed by atoms with Crippen molar-refractivity contribution in [1.29, 1.82) is 0 Å². The maximum absolute atomic E-state index is 10.4. The number of aromatic nitrogens is 2. The van der Waals surface area contributed by atoms with Gasteiger partial charge in [0.2, 0.25) is 0 Å². The molecule has 0 fully saturated rings. The molecule has 0 saturated carbocycles. The first kappa shape index (κ1) is 5.81. The van der Waals surface area contributed by atoms with Crippen molar-refractivity contribution in [3.8, 4) is 0 Å². The quantitative estimate of drug-likeness (QED) is 0.489. The van der Waals surface area contributed by atoms with Crippen LogP contribution in [0.3, 0.4) is 0 Å². The lowest BCUT2D eigenvalue weighted by atomic mass is 10.5. The fraction of sp³-hybridized carbons (Fsp3) is 0.200. The molecule has 0 aromatic carbocycles. The summed E-state index contributed by atoms with van der Waals surface area (Å²) in [5.74, 6) is 0. The van der Waals surface area contributed by atoms with Gasteiger partial charge in [-0.3, -0.25) is 9.78 Å². The Morgan fingerprint density at radius 3 is 2.89 bits per heavy atom. The Hall–Kier alpha value is -1.32. The summed E-state index contributed by atoms with van der Waals surface area (Å²) in [5, 5.41) is 8.66. The fourth-order valence-electron chi connectivity index (χ4n) is 0.490. The molecule has 0 aliphatic carbocycles. The van der Waals surface area contributed by atoms with Gasteiger partial charge in [-0.25, -0.2) is 0 Å². The molecule has 0 bridgehead atoms. The van der Waals surface area contributed by atoms with Crippen molar-refractivity contribution in [2.75, 3.05) is 0 Å². The average Bonchev–Trinajstić information content (AvgIpc) is 1.80. The normalized spacial score (nSPS) is 9.44. The summed E-state index contributed by atoms with van der Waals surface area (Å²) in [6, 6.07) is 0. The van der Waals surface area contributed by atoms with E-state index in [2.05, 4.69) is 4.98 Å². The Morgan fingerprint density at radius 1 is 1.78 bits per heavy atom. The van der Waals surface area contributed by atoms with Crippen molar-refractivity contribution >= 4 is 0 Å². The second-order valence-electron chi connectivity index (χ2n) is 1.71. The fourth-order valence-corrected chi connectivity index (χ4v) is 0.490. The molecule has 48 valence electrons. The van der Waals surface area contributed by atoms with Crippen LogP contribution in [0.2, 0.25) is 0 Å². The zero-order valence-corrected chi connectivity index (χ0v) is 4.90. The summed E-state index contributed by atoms with van der Waals surface area (Å²) >= 11 is 0. The van der Waals surface area contributed by atoms with Crippen LogP contribution in [0.25, 0.3) is 0 Å². The highest BCUT2D eigenvalue weighted by Gasteiger charge is 1.89. The largest absolute Gasteiger partial charge is 0.425 e. The Morgan fingerprint density at radius 2 is 2.44 bits per heavy atom. The van der Waals surface area contributed by atoms with Crippen molar-refractivity contribution in [3.63, 3.8) is 0 Å². The van der Waals surface area contributed by atoms with Gasteiger partial charge in [-0.1, -0.05) is 0 Å². The molecular weight excluding hydrogens is 120 g/mol. The van der Waals surface area contributed by atoms with Gasteiger partial charge in [0.15, 0.2) is 0 Å². The lowest BCUT2D eigenvalue weighted by Gasteiger charge is -1.92. The molecule has 1 aromatic rings. The van der Waals surface area contributed by atoms with Gasteiger partial charge in [0.05, 0.1) is 18.1 Å². The first-order valence-electron chi connectivity index (χ1n) is 2.45. The molecule has 1 N–H and O–H groups in total. The summed E-state index contributed by atoms with van der Waals surface area (Å²) < 4.78 is 0.502. The number of nitrogens with zero attached hydrogens (tertiary/aromatic N) is 2. The maximum atomic E-state index is 10.4. The molecule has 9 heavy (non-hydrogen) atoms. The van der Waals surface area contributed by atoms with Gasteiger partial charge in [0, 0.05) is 0 Å². The highest BCUT2D eigenvalue weighted by molar-refractivity contribution is 4.91. The van der Waals surface area contributed by atoms with E-state index in [1.54, 1.807) is 6.92 Å². The number of hydrogen-bond acceptors (Lipinski definition) is 3. The minimum atomic E-state index is -0.513. The molecule has 0 radical (unpaired) electrons. The van der Waals surface area contributed by atoms with E-state index >= 15 is 0 Å². The topological polar surface area (TPSA) is 55.1 Å². The lowest BCUT2D eigenvalue weighted by molar-refractivity contribution is 0.173. The third-order valence-electron chi connectivity index (χ3n) is 0.914. The van der Waals surface area contributed by atoms with E-state index in [-0.39, 0.29) is 0 Å². The predicted molar refractivity (Wildman–Crippen MR) is 30.4 cm³/mol. The van der Waals surface area contributed by atoms with Crippen molar-refractivity contribution in [2.45, 2.75) is 6.92 Å². The zero-order valence-electron chi connectivity index (χ0n) is 4.90. The summed E-state index contributed by atoms with van der Waals surface area (Å²) in [7, 11) is 0. The zero-order chi connectivity index (χ0) is 6.85. The van der Waals surface area contributed by atoms with Crippen LogP contribution in [-0.4, -0.2) is 14.9 Å². The molecule has 0 spiro atoms. The van der Waals surface area contributed by atoms with Crippen molar-refractivity contribution in [3.05, 3.63) is 28.4 Å². The van der Waals surface area contributed by atoms with Crippen LogP contribution in [-0.2, 0) is 0 Å². The van der Waals surface area contributed by atoms with Crippen LogP contribution >= 0.6 is 0 Å². The minimum absolute atomic E-state index is 0.502. The molecule has 0 aliphatic heterocycles. The molecule has 0 amide bonds.